The van der Waals surface area contributed by atoms with Crippen LogP contribution in [0.3, 0.4) is 0 Å². The smallest absolute Gasteiger partial charge is 0.361 e. The lowest BCUT2D eigenvalue weighted by molar-refractivity contribution is -0.138. The van der Waals surface area contributed by atoms with Crippen LogP contribution >= 0.6 is 0 Å². The van der Waals surface area contributed by atoms with Crippen molar-refractivity contribution < 1.29 is 34.8 Å². The second-order valence-corrected chi connectivity index (χ2v) is 12.1. The highest BCUT2D eigenvalue weighted by Gasteiger charge is 2.63. The first kappa shape index (κ1) is 25.4. The maximum atomic E-state index is 14.0. The fraction of sp³-hybridized carbons (Fsp3) is 0.609. The highest BCUT2D eigenvalue weighted by Crippen LogP contribution is 2.68. The number of anilines is 1. The Morgan fingerprint density at radius 3 is 2.33 bits per heavy atom. The molecule has 0 unspecified atom stereocenters. The van der Waals surface area contributed by atoms with Crippen molar-refractivity contribution >= 4 is 15.7 Å². The number of nitrogens with zero attached hydrogens (tertiary/aromatic N) is 3. The quantitative estimate of drug-likeness (QED) is 0.514. The highest BCUT2D eigenvalue weighted by atomic mass is 32.2. The summed E-state index contributed by atoms with van der Waals surface area (Å²) in [6, 6.07) is 1.63. The average molecular weight is 537 g/mol. The summed E-state index contributed by atoms with van der Waals surface area (Å²) < 4.78 is 109. The molecule has 0 amide bonds. The van der Waals surface area contributed by atoms with E-state index in [-0.39, 0.29) is 29.5 Å². The molecule has 1 N–H and O–H groups in total. The van der Waals surface area contributed by atoms with Gasteiger partial charge in [-0.25, -0.2) is 13.4 Å². The lowest BCUT2D eigenvalue weighted by atomic mass is 9.41. The number of rotatable bonds is 6. The van der Waals surface area contributed by atoms with Gasteiger partial charge in [-0.05, 0) is 60.3 Å². The molecule has 3 saturated carbocycles. The molecule has 2 aromatic rings. The normalized spacial score (nSPS) is 26.7. The molecular formula is C23H26F6N4O2S. The van der Waals surface area contributed by atoms with E-state index >= 15 is 0 Å². The molecular weight excluding hydrogens is 510 g/mol. The van der Waals surface area contributed by atoms with Gasteiger partial charge in [0, 0.05) is 31.0 Å². The summed E-state index contributed by atoms with van der Waals surface area (Å²) in [4.78, 5) is 8.75. The molecule has 2 heterocycles. The summed E-state index contributed by atoms with van der Waals surface area (Å²) in [6.45, 7) is 0.602. The van der Waals surface area contributed by atoms with Crippen LogP contribution in [0.4, 0.5) is 32.0 Å². The van der Waals surface area contributed by atoms with Gasteiger partial charge in [0.15, 0.2) is 0 Å². The molecule has 4 aliphatic rings. The number of hydrogen-bond donors (Lipinski definition) is 1. The van der Waals surface area contributed by atoms with Gasteiger partial charge in [0.1, 0.15) is 0 Å². The summed E-state index contributed by atoms with van der Waals surface area (Å²) in [5, 5.41) is 0. The Labute approximate surface area is 204 Å². The monoisotopic (exact) mass is 536 g/mol. The molecule has 1 aromatic heterocycles. The first-order chi connectivity index (χ1) is 16.8. The number of benzene rings is 1. The van der Waals surface area contributed by atoms with Gasteiger partial charge in [-0.2, -0.15) is 30.6 Å². The number of alkyl halides is 6. The lowest BCUT2D eigenvalue weighted by Gasteiger charge is -2.67. The highest BCUT2D eigenvalue weighted by molar-refractivity contribution is 7.89. The van der Waals surface area contributed by atoms with Gasteiger partial charge in [0.25, 0.3) is 0 Å². The number of imidazole rings is 1. The fourth-order valence-electron chi connectivity index (χ4n) is 6.18. The van der Waals surface area contributed by atoms with Gasteiger partial charge in [-0.3, -0.25) is 0 Å². The van der Waals surface area contributed by atoms with Gasteiger partial charge in [0.2, 0.25) is 0 Å². The zero-order chi connectivity index (χ0) is 26.1. The molecule has 1 aliphatic heterocycles. The van der Waals surface area contributed by atoms with Crippen LogP contribution in [0.5, 0.6) is 0 Å². The topological polar surface area (TPSA) is 69.3 Å². The Morgan fingerprint density at radius 1 is 1.14 bits per heavy atom. The van der Waals surface area contributed by atoms with E-state index in [0.29, 0.717) is 28.0 Å². The molecule has 3 fully saturated rings. The van der Waals surface area contributed by atoms with Crippen LogP contribution in [0.2, 0.25) is 0 Å². The van der Waals surface area contributed by atoms with Gasteiger partial charge in [0.05, 0.1) is 24.1 Å². The van der Waals surface area contributed by atoms with Gasteiger partial charge in [-0.15, -0.1) is 0 Å². The van der Waals surface area contributed by atoms with Crippen LogP contribution in [0, 0.1) is 11.3 Å². The number of aromatic nitrogens is 2. The van der Waals surface area contributed by atoms with Crippen molar-refractivity contribution in [2.45, 2.75) is 69.8 Å². The maximum absolute atomic E-state index is 14.0. The molecule has 6 rings (SSSR count). The summed E-state index contributed by atoms with van der Waals surface area (Å²) in [7, 11) is -5.79. The predicted molar refractivity (Wildman–Crippen MR) is 119 cm³/mol. The van der Waals surface area contributed by atoms with Crippen LogP contribution < -0.4 is 4.90 Å². The number of sulfonamides is 1. The Morgan fingerprint density at radius 2 is 1.83 bits per heavy atom. The SMILES string of the molecule is CCCc1c(C(F)(F)F)ccc2c1CN(S(=O)(=O)C(F)(F)F)C[C@@H](C13CC(C1)C3)N2Cc1cnc[nH]1. The zero-order valence-corrected chi connectivity index (χ0v) is 20.3. The largest absolute Gasteiger partial charge is 0.511 e. The van der Waals surface area contributed by atoms with Crippen LogP contribution in [0.25, 0.3) is 0 Å². The Hall–Kier alpha value is -2.28. The molecule has 0 radical (unpaired) electrons. The van der Waals surface area contributed by atoms with Gasteiger partial charge >= 0.3 is 21.7 Å². The minimum absolute atomic E-state index is 0.0203. The van der Waals surface area contributed by atoms with E-state index in [1.165, 1.54) is 12.4 Å². The van der Waals surface area contributed by atoms with Crippen molar-refractivity contribution in [1.82, 2.24) is 14.3 Å². The fourth-order valence-corrected chi connectivity index (χ4v) is 7.11. The molecule has 1 atom stereocenters. The standard InChI is InChI=1S/C23H26F6N4O2S/c1-2-3-16-17-11-32(36(34,35)23(27,28)29)12-20(21-6-14(7-21)8-21)33(10-15-9-30-13-31-15)19(17)5-4-18(16)22(24,25)26/h4-5,9,13-14,20H,2-3,6-8,10-12H2,1H3,(H,30,31)/t14?,20-,21?/m0/s1. The number of fused-ring (bicyclic) bond motifs is 1. The number of aromatic amines is 1. The molecule has 1 aromatic carbocycles. The maximum Gasteiger partial charge on any atom is 0.511 e. The van der Waals surface area contributed by atoms with E-state index in [4.69, 9.17) is 0 Å². The number of hydrogen-bond acceptors (Lipinski definition) is 4. The van der Waals surface area contributed by atoms with E-state index in [9.17, 15) is 34.8 Å². The van der Waals surface area contributed by atoms with Crippen molar-refractivity contribution in [3.05, 3.63) is 47.0 Å². The second-order valence-electron chi connectivity index (χ2n) is 10.1. The summed E-state index contributed by atoms with van der Waals surface area (Å²) in [6.07, 6.45) is 0.791. The average Bonchev–Trinajstić information content (AvgIpc) is 3.15. The van der Waals surface area contributed by atoms with Crippen LogP contribution in [0.15, 0.2) is 24.7 Å². The number of nitrogens with one attached hydrogen (secondary N) is 1. The molecule has 0 saturated heterocycles. The molecule has 3 aliphatic carbocycles. The third kappa shape index (κ3) is 3.98. The molecule has 6 nitrogen and oxygen atoms in total. The van der Waals surface area contributed by atoms with Crippen molar-refractivity contribution in [1.29, 1.82) is 0 Å². The lowest BCUT2D eigenvalue weighted by Crippen LogP contribution is -2.66. The first-order valence-corrected chi connectivity index (χ1v) is 13.2. The summed E-state index contributed by atoms with van der Waals surface area (Å²) >= 11 is 0. The zero-order valence-electron chi connectivity index (χ0n) is 19.5. The van der Waals surface area contributed by atoms with Crippen molar-refractivity contribution in [3.8, 4) is 0 Å². The van der Waals surface area contributed by atoms with E-state index in [2.05, 4.69) is 9.97 Å². The van der Waals surface area contributed by atoms with Crippen LogP contribution in [-0.2, 0) is 35.7 Å². The predicted octanol–water partition coefficient (Wildman–Crippen LogP) is 5.22. The molecule has 36 heavy (non-hydrogen) atoms. The van der Waals surface area contributed by atoms with E-state index in [1.54, 1.807) is 13.1 Å². The summed E-state index contributed by atoms with van der Waals surface area (Å²) in [5.41, 5.74) is -6.09. The minimum Gasteiger partial charge on any atom is -0.361 e. The Balaban J connectivity index is 1.73. The summed E-state index contributed by atoms with van der Waals surface area (Å²) in [5.74, 6) is 0.456. The van der Waals surface area contributed by atoms with Crippen molar-refractivity contribution in [2.24, 2.45) is 11.3 Å². The molecule has 0 spiro atoms. The van der Waals surface area contributed by atoms with Gasteiger partial charge < -0.3 is 9.88 Å². The second kappa shape index (κ2) is 8.37. The molecule has 2 bridgehead atoms. The minimum atomic E-state index is -5.79. The third-order valence-electron chi connectivity index (χ3n) is 7.93. The van der Waals surface area contributed by atoms with E-state index in [0.717, 1.165) is 25.3 Å². The van der Waals surface area contributed by atoms with Crippen LogP contribution in [-0.4, -0.2) is 40.8 Å². The Bertz CT molecular complexity index is 1230. The van der Waals surface area contributed by atoms with E-state index in [1.807, 2.05) is 4.90 Å². The molecule has 198 valence electrons. The van der Waals surface area contributed by atoms with Gasteiger partial charge in [-0.1, -0.05) is 13.3 Å². The van der Waals surface area contributed by atoms with Crippen molar-refractivity contribution in [2.75, 3.05) is 11.4 Å². The van der Waals surface area contributed by atoms with Crippen molar-refractivity contribution in [3.63, 3.8) is 0 Å². The first-order valence-electron chi connectivity index (χ1n) is 11.8. The Kier molecular flexibility index (Phi) is 5.90. The van der Waals surface area contributed by atoms with E-state index < -0.39 is 46.4 Å². The third-order valence-corrected chi connectivity index (χ3v) is 9.47. The number of halogens is 6. The molecule has 13 heteroatoms. The number of H-pyrrole nitrogens is 1. The van der Waals surface area contributed by atoms with Crippen LogP contribution in [0.1, 0.15) is 55.0 Å².